The summed E-state index contributed by atoms with van der Waals surface area (Å²) in [6.45, 7) is 2.22. The maximum Gasteiger partial charge on any atom is 0.337 e. The second kappa shape index (κ2) is 5.62. The number of fused-ring (bicyclic) bond motifs is 1. The van der Waals surface area contributed by atoms with E-state index in [-0.39, 0.29) is 16.7 Å². The third-order valence-electron chi connectivity index (χ3n) is 3.32. The summed E-state index contributed by atoms with van der Waals surface area (Å²) in [6, 6.07) is 4.82. The van der Waals surface area contributed by atoms with Crippen molar-refractivity contribution < 1.29 is 0 Å². The lowest BCUT2D eigenvalue weighted by Crippen LogP contribution is -2.39. The van der Waals surface area contributed by atoms with Gasteiger partial charge in [0.15, 0.2) is 5.65 Å². The standard InChI is InChI=1S/C14H12Cl2N4O2/c1-2-5-19-13(21)11-12(18-7-17-11)20(14(19)22)8-3-4-9(15)10(16)6-8/h3-4,6-7H,2,5H2,1H3,(H,17,18). The molecule has 6 nitrogen and oxygen atoms in total. The zero-order valence-electron chi connectivity index (χ0n) is 11.6. The van der Waals surface area contributed by atoms with E-state index in [9.17, 15) is 9.59 Å². The highest BCUT2D eigenvalue weighted by molar-refractivity contribution is 6.42. The highest BCUT2D eigenvalue weighted by Gasteiger charge is 2.16. The molecule has 0 aliphatic rings. The van der Waals surface area contributed by atoms with Crippen molar-refractivity contribution in [1.29, 1.82) is 0 Å². The number of hydrogen-bond acceptors (Lipinski definition) is 3. The Morgan fingerprint density at radius 3 is 2.68 bits per heavy atom. The summed E-state index contributed by atoms with van der Waals surface area (Å²) in [5, 5.41) is 0.710. The van der Waals surface area contributed by atoms with E-state index in [0.717, 1.165) is 0 Å². The molecule has 0 fully saturated rings. The quantitative estimate of drug-likeness (QED) is 0.797. The van der Waals surface area contributed by atoms with Gasteiger partial charge in [0.25, 0.3) is 5.56 Å². The third-order valence-corrected chi connectivity index (χ3v) is 4.06. The average molecular weight is 339 g/mol. The summed E-state index contributed by atoms with van der Waals surface area (Å²) in [7, 11) is 0. The Hall–Kier alpha value is -2.05. The molecule has 1 aromatic carbocycles. The smallest absolute Gasteiger partial charge is 0.337 e. The molecule has 2 aromatic heterocycles. The number of benzene rings is 1. The van der Waals surface area contributed by atoms with Crippen LogP contribution < -0.4 is 11.2 Å². The Balaban J connectivity index is 2.42. The van der Waals surface area contributed by atoms with Gasteiger partial charge in [-0.2, -0.15) is 0 Å². The van der Waals surface area contributed by atoms with Gasteiger partial charge < -0.3 is 4.98 Å². The number of nitrogens with one attached hydrogen (secondary N) is 1. The number of aromatic nitrogens is 4. The van der Waals surface area contributed by atoms with Crippen molar-refractivity contribution in [3.63, 3.8) is 0 Å². The number of aromatic amines is 1. The minimum atomic E-state index is -0.454. The maximum atomic E-state index is 12.7. The van der Waals surface area contributed by atoms with Gasteiger partial charge in [-0.15, -0.1) is 0 Å². The average Bonchev–Trinajstić information content (AvgIpc) is 2.96. The first-order valence-corrected chi connectivity index (χ1v) is 7.44. The number of hydrogen-bond donors (Lipinski definition) is 1. The lowest BCUT2D eigenvalue weighted by molar-refractivity contribution is 0.607. The second-order valence-corrected chi connectivity index (χ2v) is 5.59. The molecule has 0 radical (unpaired) electrons. The first-order chi connectivity index (χ1) is 10.5. The predicted octanol–water partition coefficient (Wildman–Crippen LogP) is 2.59. The lowest BCUT2D eigenvalue weighted by Gasteiger charge is -2.11. The minimum Gasteiger partial charge on any atom is -0.339 e. The molecular formula is C14H12Cl2N4O2. The summed E-state index contributed by atoms with van der Waals surface area (Å²) < 4.78 is 2.54. The number of rotatable bonds is 3. The van der Waals surface area contributed by atoms with E-state index < -0.39 is 5.69 Å². The van der Waals surface area contributed by atoms with Crippen LogP contribution in [0.2, 0.25) is 10.0 Å². The summed E-state index contributed by atoms with van der Waals surface area (Å²) >= 11 is 11.9. The molecule has 0 atom stereocenters. The number of halogens is 2. The lowest BCUT2D eigenvalue weighted by atomic mass is 10.3. The monoisotopic (exact) mass is 338 g/mol. The minimum absolute atomic E-state index is 0.265. The van der Waals surface area contributed by atoms with Gasteiger partial charge in [-0.05, 0) is 24.6 Å². The van der Waals surface area contributed by atoms with Crippen LogP contribution in [0.15, 0.2) is 34.1 Å². The fraction of sp³-hybridized carbons (Fsp3) is 0.214. The molecule has 3 aromatic rings. The molecular weight excluding hydrogens is 327 g/mol. The van der Waals surface area contributed by atoms with Gasteiger partial charge >= 0.3 is 5.69 Å². The van der Waals surface area contributed by atoms with Crippen molar-refractivity contribution >= 4 is 34.4 Å². The van der Waals surface area contributed by atoms with Crippen LogP contribution in [0.3, 0.4) is 0 Å². The van der Waals surface area contributed by atoms with Crippen LogP contribution in [0.5, 0.6) is 0 Å². The molecule has 0 unspecified atom stereocenters. The Bertz CT molecular complexity index is 971. The van der Waals surface area contributed by atoms with Crippen LogP contribution in [0.4, 0.5) is 0 Å². The normalized spacial score (nSPS) is 11.2. The number of imidazole rings is 1. The van der Waals surface area contributed by atoms with Crippen molar-refractivity contribution in [2.45, 2.75) is 19.9 Å². The molecule has 0 aliphatic heterocycles. The molecule has 114 valence electrons. The van der Waals surface area contributed by atoms with E-state index in [1.165, 1.54) is 15.5 Å². The van der Waals surface area contributed by atoms with Gasteiger partial charge in [0, 0.05) is 6.54 Å². The highest BCUT2D eigenvalue weighted by atomic mass is 35.5. The van der Waals surface area contributed by atoms with E-state index in [2.05, 4.69) is 9.97 Å². The van der Waals surface area contributed by atoms with E-state index >= 15 is 0 Å². The topological polar surface area (TPSA) is 72.7 Å². The molecule has 0 saturated heterocycles. The van der Waals surface area contributed by atoms with Crippen LogP contribution in [0, 0.1) is 0 Å². The van der Waals surface area contributed by atoms with Crippen molar-refractivity contribution in [2.24, 2.45) is 0 Å². The van der Waals surface area contributed by atoms with Gasteiger partial charge in [-0.25, -0.2) is 14.3 Å². The van der Waals surface area contributed by atoms with Gasteiger partial charge in [-0.1, -0.05) is 30.1 Å². The molecule has 22 heavy (non-hydrogen) atoms. The van der Waals surface area contributed by atoms with E-state index in [1.807, 2.05) is 6.92 Å². The molecule has 2 heterocycles. The van der Waals surface area contributed by atoms with E-state index in [4.69, 9.17) is 23.2 Å². The molecule has 1 N–H and O–H groups in total. The summed E-state index contributed by atoms with van der Waals surface area (Å²) in [4.78, 5) is 31.9. The molecule has 0 amide bonds. The Labute approximate surface area is 134 Å². The largest absolute Gasteiger partial charge is 0.339 e. The molecule has 0 spiro atoms. The molecule has 0 saturated carbocycles. The third kappa shape index (κ3) is 2.24. The first-order valence-electron chi connectivity index (χ1n) is 6.69. The number of nitrogens with zero attached hydrogens (tertiary/aromatic N) is 3. The molecule has 0 aliphatic carbocycles. The van der Waals surface area contributed by atoms with Crippen LogP contribution in [-0.4, -0.2) is 19.1 Å². The zero-order chi connectivity index (χ0) is 15.9. The van der Waals surface area contributed by atoms with E-state index in [1.54, 1.807) is 18.2 Å². The summed E-state index contributed by atoms with van der Waals surface area (Å²) in [5.74, 6) is 0. The molecule has 8 heteroatoms. The van der Waals surface area contributed by atoms with Crippen LogP contribution in [-0.2, 0) is 6.54 Å². The van der Waals surface area contributed by atoms with Gasteiger partial charge in [0.1, 0.15) is 5.52 Å². The maximum absolute atomic E-state index is 12.7. The fourth-order valence-electron chi connectivity index (χ4n) is 2.32. The van der Waals surface area contributed by atoms with Gasteiger partial charge in [-0.3, -0.25) is 9.36 Å². The molecule has 3 rings (SSSR count). The van der Waals surface area contributed by atoms with Crippen molar-refractivity contribution in [3.05, 3.63) is 55.4 Å². The fourth-order valence-corrected chi connectivity index (χ4v) is 2.62. The van der Waals surface area contributed by atoms with Gasteiger partial charge in [0.05, 0.1) is 22.1 Å². The zero-order valence-corrected chi connectivity index (χ0v) is 13.1. The van der Waals surface area contributed by atoms with Crippen molar-refractivity contribution in [2.75, 3.05) is 0 Å². The van der Waals surface area contributed by atoms with E-state index in [0.29, 0.717) is 28.7 Å². The Morgan fingerprint density at radius 1 is 1.23 bits per heavy atom. The SMILES string of the molecule is CCCn1c(=O)c2[nH]cnc2n(-c2ccc(Cl)c(Cl)c2)c1=O. The molecule has 0 bridgehead atoms. The van der Waals surface area contributed by atoms with Crippen molar-refractivity contribution in [3.8, 4) is 5.69 Å². The summed E-state index contributed by atoms with van der Waals surface area (Å²) in [5.41, 5.74) is 0.210. The van der Waals surface area contributed by atoms with Crippen molar-refractivity contribution in [1.82, 2.24) is 19.1 Å². The predicted molar refractivity (Wildman–Crippen MR) is 86.3 cm³/mol. The van der Waals surface area contributed by atoms with Crippen LogP contribution in [0.1, 0.15) is 13.3 Å². The van der Waals surface area contributed by atoms with Crippen LogP contribution >= 0.6 is 23.2 Å². The highest BCUT2D eigenvalue weighted by Crippen LogP contribution is 2.24. The van der Waals surface area contributed by atoms with Crippen LogP contribution in [0.25, 0.3) is 16.9 Å². The Morgan fingerprint density at radius 2 is 2.00 bits per heavy atom. The van der Waals surface area contributed by atoms with Gasteiger partial charge in [0.2, 0.25) is 0 Å². The number of H-pyrrole nitrogens is 1. The first kappa shape index (κ1) is 14.9. The Kier molecular flexibility index (Phi) is 3.80. The summed E-state index contributed by atoms with van der Waals surface area (Å²) in [6.07, 6.45) is 2.05. The second-order valence-electron chi connectivity index (χ2n) is 4.77.